The van der Waals surface area contributed by atoms with Gasteiger partial charge in [0.2, 0.25) is 0 Å². The molecule has 0 aliphatic rings. The molecule has 0 unspecified atom stereocenters. The Kier molecular flexibility index (Phi) is 4.95. The number of rotatable bonds is 6. The number of likely N-dealkylation sites (N-methyl/N-ethyl adjacent to an activating group) is 1. The van der Waals surface area contributed by atoms with E-state index in [1.54, 1.807) is 0 Å². The van der Waals surface area contributed by atoms with Crippen LogP contribution in [-0.4, -0.2) is 36.7 Å². The van der Waals surface area contributed by atoms with E-state index < -0.39 is 0 Å². The van der Waals surface area contributed by atoms with Crippen molar-refractivity contribution in [1.29, 1.82) is 0 Å². The van der Waals surface area contributed by atoms with Gasteiger partial charge in [0.05, 0.1) is 5.54 Å². The quantitative estimate of drug-likeness (QED) is 0.494. The fourth-order valence-electron chi connectivity index (χ4n) is 0.897. The molecule has 4 heteroatoms. The van der Waals surface area contributed by atoms with Gasteiger partial charge in [-0.3, -0.25) is 10.2 Å². The number of ether oxygens (including phenoxy) is 1. The zero-order valence-electron chi connectivity index (χ0n) is 9.13. The van der Waals surface area contributed by atoms with Gasteiger partial charge in [-0.1, -0.05) is 0 Å². The molecule has 0 aromatic rings. The van der Waals surface area contributed by atoms with Crippen LogP contribution in [0.15, 0.2) is 0 Å². The van der Waals surface area contributed by atoms with Crippen LogP contribution in [0.5, 0.6) is 0 Å². The summed E-state index contributed by atoms with van der Waals surface area (Å²) in [6.07, 6.45) is 0. The van der Waals surface area contributed by atoms with Gasteiger partial charge in [0, 0.05) is 13.1 Å². The third-order valence-corrected chi connectivity index (χ3v) is 1.86. The molecular formula is C9H20N2O2. The molecule has 0 aromatic carbocycles. The van der Waals surface area contributed by atoms with E-state index in [1.807, 2.05) is 25.9 Å². The summed E-state index contributed by atoms with van der Waals surface area (Å²) in [5.74, 6) is 0. The summed E-state index contributed by atoms with van der Waals surface area (Å²) in [5.41, 5.74) is 3.04. The predicted molar refractivity (Wildman–Crippen MR) is 52.1 cm³/mol. The van der Waals surface area contributed by atoms with Crippen LogP contribution in [0.1, 0.15) is 27.7 Å². The zero-order valence-corrected chi connectivity index (χ0v) is 9.13. The standard InChI is InChI=1S/C9H20N2O2/c1-8(2)10-11(5)9(3,4)6-13-7-12/h7-8,10H,6H2,1-5H3. The minimum absolute atomic E-state index is 0.189. The van der Waals surface area contributed by atoms with Crippen LogP contribution in [0.3, 0.4) is 0 Å². The summed E-state index contributed by atoms with van der Waals surface area (Å²) in [6, 6.07) is 0.375. The van der Waals surface area contributed by atoms with Gasteiger partial charge in [0.15, 0.2) is 0 Å². The van der Waals surface area contributed by atoms with E-state index in [1.165, 1.54) is 0 Å². The highest BCUT2D eigenvalue weighted by Gasteiger charge is 2.24. The van der Waals surface area contributed by atoms with Crippen LogP contribution in [0.4, 0.5) is 0 Å². The molecule has 1 N–H and O–H groups in total. The Hall–Kier alpha value is -0.610. The molecule has 0 rings (SSSR count). The molecule has 0 heterocycles. The molecule has 4 nitrogen and oxygen atoms in total. The molecule has 0 aliphatic carbocycles. The summed E-state index contributed by atoms with van der Waals surface area (Å²) < 4.78 is 4.74. The Bertz CT molecular complexity index is 158. The molecule has 78 valence electrons. The molecule has 0 aromatic heterocycles. The number of hydrazine groups is 1. The highest BCUT2D eigenvalue weighted by Crippen LogP contribution is 2.10. The van der Waals surface area contributed by atoms with Gasteiger partial charge in [-0.15, -0.1) is 0 Å². The highest BCUT2D eigenvalue weighted by atomic mass is 16.5. The molecule has 0 aliphatic heterocycles. The SMILES string of the molecule is CC(C)NN(C)C(C)(C)COC=O. The van der Waals surface area contributed by atoms with Crippen molar-refractivity contribution in [3.63, 3.8) is 0 Å². The van der Waals surface area contributed by atoms with Gasteiger partial charge < -0.3 is 4.74 Å². The summed E-state index contributed by atoms with van der Waals surface area (Å²) in [6.45, 7) is 9.00. The Morgan fingerprint density at radius 2 is 2.08 bits per heavy atom. The third kappa shape index (κ3) is 4.85. The average Bonchev–Trinajstić information content (AvgIpc) is 1.99. The summed E-state index contributed by atoms with van der Waals surface area (Å²) in [4.78, 5) is 10.0. The van der Waals surface area contributed by atoms with Gasteiger partial charge >= 0.3 is 0 Å². The highest BCUT2D eigenvalue weighted by molar-refractivity contribution is 5.37. The molecule has 0 radical (unpaired) electrons. The molecule has 0 fully saturated rings. The molecule has 0 saturated heterocycles. The fraction of sp³-hybridized carbons (Fsp3) is 0.889. The smallest absolute Gasteiger partial charge is 0.293 e. The van der Waals surface area contributed by atoms with Gasteiger partial charge in [0.1, 0.15) is 6.61 Å². The third-order valence-electron chi connectivity index (χ3n) is 1.86. The van der Waals surface area contributed by atoms with Crippen LogP contribution in [0, 0.1) is 0 Å². The minimum Gasteiger partial charge on any atom is -0.466 e. The predicted octanol–water partition coefficient (Wildman–Crippen LogP) is 0.783. The van der Waals surface area contributed by atoms with Crippen molar-refractivity contribution in [2.45, 2.75) is 39.3 Å². The van der Waals surface area contributed by atoms with Crippen molar-refractivity contribution in [2.24, 2.45) is 0 Å². The number of nitrogens with zero attached hydrogens (tertiary/aromatic N) is 1. The molecule has 0 saturated carbocycles. The van der Waals surface area contributed by atoms with Gasteiger partial charge in [0.25, 0.3) is 6.47 Å². The van der Waals surface area contributed by atoms with E-state index >= 15 is 0 Å². The molecular weight excluding hydrogens is 168 g/mol. The first kappa shape index (κ1) is 12.4. The maximum atomic E-state index is 10.0. The summed E-state index contributed by atoms with van der Waals surface area (Å²) in [7, 11) is 1.94. The summed E-state index contributed by atoms with van der Waals surface area (Å²) in [5, 5.41) is 1.96. The van der Waals surface area contributed by atoms with Gasteiger partial charge in [-0.05, 0) is 27.7 Å². The fourth-order valence-corrected chi connectivity index (χ4v) is 0.897. The number of hydrogen-bond donors (Lipinski definition) is 1. The first-order valence-electron chi connectivity index (χ1n) is 4.45. The molecule has 0 amide bonds. The Balaban J connectivity index is 4.01. The lowest BCUT2D eigenvalue weighted by Crippen LogP contribution is -2.54. The monoisotopic (exact) mass is 188 g/mol. The maximum absolute atomic E-state index is 10.0. The van der Waals surface area contributed by atoms with Crippen molar-refractivity contribution < 1.29 is 9.53 Å². The molecule has 0 bridgehead atoms. The van der Waals surface area contributed by atoms with Crippen LogP contribution < -0.4 is 5.43 Å². The van der Waals surface area contributed by atoms with Crippen molar-refractivity contribution in [2.75, 3.05) is 13.7 Å². The Labute approximate surface area is 80.2 Å². The molecule has 13 heavy (non-hydrogen) atoms. The van der Waals surface area contributed by atoms with E-state index in [0.717, 1.165) is 0 Å². The van der Waals surface area contributed by atoms with E-state index in [0.29, 0.717) is 19.1 Å². The zero-order chi connectivity index (χ0) is 10.5. The van der Waals surface area contributed by atoms with Crippen molar-refractivity contribution in [1.82, 2.24) is 10.4 Å². The lowest BCUT2D eigenvalue weighted by atomic mass is 10.1. The first-order valence-corrected chi connectivity index (χ1v) is 4.45. The van der Waals surface area contributed by atoms with Crippen LogP contribution >= 0.6 is 0 Å². The maximum Gasteiger partial charge on any atom is 0.293 e. The van der Waals surface area contributed by atoms with Crippen LogP contribution in [0.25, 0.3) is 0 Å². The van der Waals surface area contributed by atoms with Crippen molar-refractivity contribution >= 4 is 6.47 Å². The normalized spacial score (nSPS) is 12.2. The van der Waals surface area contributed by atoms with E-state index in [2.05, 4.69) is 19.3 Å². The van der Waals surface area contributed by atoms with Crippen molar-refractivity contribution in [3.8, 4) is 0 Å². The van der Waals surface area contributed by atoms with E-state index in [4.69, 9.17) is 4.74 Å². The lowest BCUT2D eigenvalue weighted by Gasteiger charge is -2.36. The van der Waals surface area contributed by atoms with Gasteiger partial charge in [-0.2, -0.15) is 0 Å². The van der Waals surface area contributed by atoms with E-state index in [9.17, 15) is 4.79 Å². The lowest BCUT2D eigenvalue weighted by molar-refractivity contribution is -0.132. The average molecular weight is 188 g/mol. The Morgan fingerprint density at radius 3 is 2.46 bits per heavy atom. The van der Waals surface area contributed by atoms with Crippen LogP contribution in [-0.2, 0) is 9.53 Å². The van der Waals surface area contributed by atoms with Crippen molar-refractivity contribution in [3.05, 3.63) is 0 Å². The van der Waals surface area contributed by atoms with Gasteiger partial charge in [-0.25, -0.2) is 5.01 Å². The second kappa shape index (κ2) is 5.19. The number of carbonyl (C=O) groups is 1. The number of nitrogens with one attached hydrogen (secondary N) is 1. The number of carbonyl (C=O) groups excluding carboxylic acids is 1. The number of hydrogen-bond acceptors (Lipinski definition) is 4. The molecule has 0 atom stereocenters. The Morgan fingerprint density at radius 1 is 1.54 bits per heavy atom. The topological polar surface area (TPSA) is 41.6 Å². The molecule has 0 spiro atoms. The second-order valence-electron chi connectivity index (χ2n) is 4.06. The minimum atomic E-state index is -0.189. The second-order valence-corrected chi connectivity index (χ2v) is 4.06. The first-order chi connectivity index (χ1) is 5.90. The van der Waals surface area contributed by atoms with E-state index in [-0.39, 0.29) is 5.54 Å². The summed E-state index contributed by atoms with van der Waals surface area (Å²) >= 11 is 0. The van der Waals surface area contributed by atoms with Crippen LogP contribution in [0.2, 0.25) is 0 Å². The largest absolute Gasteiger partial charge is 0.466 e.